The van der Waals surface area contributed by atoms with Crippen LogP contribution in [0.15, 0.2) is 18.2 Å². The number of ether oxygens (including phenoxy) is 1. The number of Topliss-reactive ketones (excluding diaryl/α,β-unsaturated/α-hetero) is 1. The van der Waals surface area contributed by atoms with Crippen LogP contribution >= 0.6 is 11.6 Å². The van der Waals surface area contributed by atoms with Gasteiger partial charge < -0.3 is 19.9 Å². The SMILES string of the molecule is COC(=O)c1c(C)[nH]c(C(=O)[C@@H](C)Nc2ccc(N3CCCC3=O)c(Cl)c2)c1C. The molecule has 1 aromatic heterocycles. The average Bonchev–Trinajstić information content (AvgIpc) is 3.23. The van der Waals surface area contributed by atoms with Gasteiger partial charge >= 0.3 is 5.97 Å². The first kappa shape index (κ1) is 20.9. The van der Waals surface area contributed by atoms with E-state index in [1.807, 2.05) is 0 Å². The fourth-order valence-corrected chi connectivity index (χ4v) is 3.94. The molecule has 1 amide bonds. The molecule has 0 bridgehead atoms. The first-order valence-electron chi connectivity index (χ1n) is 9.42. The number of hydrogen-bond donors (Lipinski definition) is 2. The smallest absolute Gasteiger partial charge is 0.339 e. The van der Waals surface area contributed by atoms with Gasteiger partial charge in [0.25, 0.3) is 0 Å². The fourth-order valence-electron chi connectivity index (χ4n) is 3.66. The summed E-state index contributed by atoms with van der Waals surface area (Å²) in [5.74, 6) is -0.597. The number of esters is 1. The second kappa shape index (κ2) is 8.29. The van der Waals surface area contributed by atoms with E-state index in [0.29, 0.717) is 51.9 Å². The molecular weight excluding hydrogens is 394 g/mol. The molecule has 0 spiro atoms. The summed E-state index contributed by atoms with van der Waals surface area (Å²) in [4.78, 5) is 41.5. The number of nitrogens with one attached hydrogen (secondary N) is 2. The molecule has 2 heterocycles. The van der Waals surface area contributed by atoms with Crippen LogP contribution in [-0.4, -0.2) is 42.3 Å². The van der Waals surface area contributed by atoms with Crippen LogP contribution in [0.3, 0.4) is 0 Å². The Morgan fingerprint density at radius 1 is 1.31 bits per heavy atom. The van der Waals surface area contributed by atoms with Gasteiger partial charge in [-0.15, -0.1) is 0 Å². The van der Waals surface area contributed by atoms with Crippen LogP contribution in [0, 0.1) is 13.8 Å². The molecule has 0 radical (unpaired) electrons. The maximum atomic E-state index is 12.9. The Hall–Kier alpha value is -2.80. The summed E-state index contributed by atoms with van der Waals surface area (Å²) < 4.78 is 4.79. The number of carbonyl (C=O) groups excluding carboxylic acids is 3. The van der Waals surface area contributed by atoms with Gasteiger partial charge in [-0.3, -0.25) is 9.59 Å². The van der Waals surface area contributed by atoms with Crippen LogP contribution in [-0.2, 0) is 9.53 Å². The molecule has 1 aromatic carbocycles. The summed E-state index contributed by atoms with van der Waals surface area (Å²) in [5, 5.41) is 3.58. The van der Waals surface area contributed by atoms with Crippen molar-refractivity contribution in [3.05, 3.63) is 45.7 Å². The number of amides is 1. The predicted molar refractivity (Wildman–Crippen MR) is 112 cm³/mol. The van der Waals surface area contributed by atoms with E-state index in [1.165, 1.54) is 7.11 Å². The average molecular weight is 418 g/mol. The lowest BCUT2D eigenvalue weighted by molar-refractivity contribution is -0.117. The van der Waals surface area contributed by atoms with Gasteiger partial charge in [0.2, 0.25) is 11.7 Å². The van der Waals surface area contributed by atoms with E-state index in [1.54, 1.807) is 43.9 Å². The normalized spacial score (nSPS) is 14.8. The molecule has 7 nitrogen and oxygen atoms in total. The molecule has 2 aromatic rings. The van der Waals surface area contributed by atoms with Crippen molar-refractivity contribution >= 4 is 40.6 Å². The molecule has 1 aliphatic heterocycles. The molecule has 8 heteroatoms. The lowest BCUT2D eigenvalue weighted by Gasteiger charge is -2.19. The number of carbonyl (C=O) groups is 3. The van der Waals surface area contributed by atoms with Gasteiger partial charge in [0, 0.05) is 24.3 Å². The summed E-state index contributed by atoms with van der Waals surface area (Å²) in [6, 6.07) is 4.72. The molecule has 0 unspecified atom stereocenters. The van der Waals surface area contributed by atoms with Gasteiger partial charge in [-0.25, -0.2) is 4.79 Å². The second-order valence-electron chi connectivity index (χ2n) is 7.16. The van der Waals surface area contributed by atoms with Gasteiger partial charge in [0.1, 0.15) is 0 Å². The topological polar surface area (TPSA) is 91.5 Å². The summed E-state index contributed by atoms with van der Waals surface area (Å²) >= 11 is 6.38. The van der Waals surface area contributed by atoms with Gasteiger partial charge in [-0.05, 0) is 51.0 Å². The third-order valence-electron chi connectivity index (χ3n) is 5.16. The number of aromatic amines is 1. The van der Waals surface area contributed by atoms with Gasteiger partial charge in [0.15, 0.2) is 0 Å². The van der Waals surface area contributed by atoms with Gasteiger partial charge in [-0.2, -0.15) is 0 Å². The lowest BCUT2D eigenvalue weighted by atomic mass is 10.0. The molecule has 1 atom stereocenters. The zero-order valence-corrected chi connectivity index (χ0v) is 17.6. The van der Waals surface area contributed by atoms with Crippen molar-refractivity contribution in [1.82, 2.24) is 4.98 Å². The number of aromatic nitrogens is 1. The summed E-state index contributed by atoms with van der Waals surface area (Å²) in [5.41, 5.74) is 3.25. The first-order chi connectivity index (χ1) is 13.7. The highest BCUT2D eigenvalue weighted by Gasteiger charge is 2.26. The number of rotatable bonds is 6. The summed E-state index contributed by atoms with van der Waals surface area (Å²) in [6.07, 6.45) is 1.35. The van der Waals surface area contributed by atoms with Crippen molar-refractivity contribution in [2.45, 2.75) is 39.7 Å². The Balaban J connectivity index is 1.77. The Morgan fingerprint density at radius 3 is 2.62 bits per heavy atom. The molecule has 1 saturated heterocycles. The third-order valence-corrected chi connectivity index (χ3v) is 5.46. The Kier molecular flexibility index (Phi) is 5.98. The zero-order valence-electron chi connectivity index (χ0n) is 16.9. The lowest BCUT2D eigenvalue weighted by Crippen LogP contribution is -2.27. The highest BCUT2D eigenvalue weighted by molar-refractivity contribution is 6.34. The molecule has 0 aliphatic carbocycles. The molecular formula is C21H24ClN3O4. The van der Waals surface area contributed by atoms with Crippen LogP contribution in [0.1, 0.15) is 51.9 Å². The van der Waals surface area contributed by atoms with Crippen LogP contribution in [0.4, 0.5) is 11.4 Å². The monoisotopic (exact) mass is 417 g/mol. The Morgan fingerprint density at radius 2 is 2.03 bits per heavy atom. The standard InChI is InChI=1S/C21H24ClN3O4/c1-11-18(21(28)29-4)12(2)24-19(11)20(27)13(3)23-14-7-8-16(15(22)10-14)25-9-5-6-17(25)26/h7-8,10,13,23-24H,5-6,9H2,1-4H3/t13-/m1/s1. The highest BCUT2D eigenvalue weighted by atomic mass is 35.5. The van der Waals surface area contributed by atoms with Crippen LogP contribution in [0.5, 0.6) is 0 Å². The van der Waals surface area contributed by atoms with E-state index in [4.69, 9.17) is 16.3 Å². The number of aryl methyl sites for hydroxylation is 1. The minimum Gasteiger partial charge on any atom is -0.465 e. The number of ketones is 1. The quantitative estimate of drug-likeness (QED) is 0.549. The molecule has 3 rings (SSSR count). The van der Waals surface area contributed by atoms with E-state index in [0.717, 1.165) is 6.42 Å². The van der Waals surface area contributed by atoms with Crippen LogP contribution in [0.2, 0.25) is 5.02 Å². The number of halogens is 1. The first-order valence-corrected chi connectivity index (χ1v) is 9.80. The summed E-state index contributed by atoms with van der Waals surface area (Å²) in [6.45, 7) is 5.84. The minimum atomic E-state index is -0.562. The highest BCUT2D eigenvalue weighted by Crippen LogP contribution is 2.32. The molecule has 1 aliphatic rings. The van der Waals surface area contributed by atoms with Crippen molar-refractivity contribution in [1.29, 1.82) is 0 Å². The van der Waals surface area contributed by atoms with Gasteiger partial charge in [-0.1, -0.05) is 11.6 Å². The fraction of sp³-hybridized carbons (Fsp3) is 0.381. The second-order valence-corrected chi connectivity index (χ2v) is 7.57. The number of nitrogens with zero attached hydrogens (tertiary/aromatic N) is 1. The number of H-pyrrole nitrogens is 1. The minimum absolute atomic E-state index is 0.0650. The number of hydrogen-bond acceptors (Lipinski definition) is 5. The van der Waals surface area contributed by atoms with Crippen LogP contribution in [0.25, 0.3) is 0 Å². The Labute approximate surface area is 174 Å². The van der Waals surface area contributed by atoms with E-state index in [-0.39, 0.29) is 11.7 Å². The Bertz CT molecular complexity index is 983. The summed E-state index contributed by atoms with van der Waals surface area (Å²) in [7, 11) is 1.31. The molecule has 1 fully saturated rings. The van der Waals surface area contributed by atoms with Crippen molar-refractivity contribution in [2.75, 3.05) is 23.9 Å². The van der Waals surface area contributed by atoms with Crippen LogP contribution < -0.4 is 10.2 Å². The number of anilines is 2. The van der Waals surface area contributed by atoms with E-state index >= 15 is 0 Å². The molecule has 29 heavy (non-hydrogen) atoms. The van der Waals surface area contributed by atoms with Crippen molar-refractivity contribution in [3.63, 3.8) is 0 Å². The predicted octanol–water partition coefficient (Wildman–Crippen LogP) is 3.88. The molecule has 2 N–H and O–H groups in total. The van der Waals surface area contributed by atoms with Crippen molar-refractivity contribution in [2.24, 2.45) is 0 Å². The van der Waals surface area contributed by atoms with Crippen molar-refractivity contribution < 1.29 is 19.1 Å². The largest absolute Gasteiger partial charge is 0.465 e. The van der Waals surface area contributed by atoms with Crippen molar-refractivity contribution in [3.8, 4) is 0 Å². The number of methoxy groups -OCH3 is 1. The van der Waals surface area contributed by atoms with E-state index in [9.17, 15) is 14.4 Å². The zero-order chi connectivity index (χ0) is 21.3. The van der Waals surface area contributed by atoms with Gasteiger partial charge in [0.05, 0.1) is 35.1 Å². The molecule has 154 valence electrons. The van der Waals surface area contributed by atoms with E-state index in [2.05, 4.69) is 10.3 Å². The molecule has 0 saturated carbocycles. The maximum Gasteiger partial charge on any atom is 0.339 e. The van der Waals surface area contributed by atoms with E-state index < -0.39 is 12.0 Å². The third kappa shape index (κ3) is 4.00. The number of benzene rings is 1. The maximum absolute atomic E-state index is 12.9.